The van der Waals surface area contributed by atoms with Gasteiger partial charge in [-0.05, 0) is 38.5 Å². The Morgan fingerprint density at radius 2 is 1.36 bits per heavy atom. The zero-order valence-electron chi connectivity index (χ0n) is 14.5. The molecule has 0 heterocycles. The molecule has 0 aromatic rings. The van der Waals surface area contributed by atoms with Gasteiger partial charge in [0.05, 0.1) is 0 Å². The summed E-state index contributed by atoms with van der Waals surface area (Å²) in [5.41, 5.74) is 5.00. The first-order valence-electron chi connectivity index (χ1n) is 9.10. The second kappa shape index (κ2) is 17.8. The molecule has 0 aliphatic rings. The van der Waals surface area contributed by atoms with Crippen molar-refractivity contribution < 1.29 is 4.79 Å². The first-order valence-corrected chi connectivity index (χ1v) is 9.10. The number of rotatable bonds is 15. The number of allylic oxidation sites excluding steroid dienone is 4. The van der Waals surface area contributed by atoms with E-state index in [0.717, 1.165) is 12.8 Å². The molecule has 0 spiro atoms. The quantitative estimate of drug-likeness (QED) is 0.306. The molecule has 0 atom stereocenters. The van der Waals surface area contributed by atoms with E-state index in [2.05, 4.69) is 36.5 Å². The molecule has 3 nitrogen and oxygen atoms in total. The van der Waals surface area contributed by atoms with Crippen LogP contribution in [0.5, 0.6) is 0 Å². The maximum absolute atomic E-state index is 10.5. The van der Waals surface area contributed by atoms with Crippen molar-refractivity contribution in [1.29, 1.82) is 0 Å². The lowest BCUT2D eigenvalue weighted by atomic mass is 10.1. The Balaban J connectivity index is 3.15. The molecule has 0 aliphatic carbocycles. The smallest absolute Gasteiger partial charge is 0.312 e. The number of carbonyl (C=O) groups excluding carboxylic acids is 1. The summed E-state index contributed by atoms with van der Waals surface area (Å²) in [7, 11) is 0. The number of primary amides is 1. The Hall–Kier alpha value is -1.25. The van der Waals surface area contributed by atoms with Gasteiger partial charge in [0.2, 0.25) is 0 Å². The predicted octanol–water partition coefficient (Wildman–Crippen LogP) is 5.47. The zero-order chi connectivity index (χ0) is 16.3. The van der Waals surface area contributed by atoms with Crippen molar-refractivity contribution in [3.05, 3.63) is 24.3 Å². The summed E-state index contributed by atoms with van der Waals surface area (Å²) in [6.45, 7) is 2.96. The minimum Gasteiger partial charge on any atom is -0.352 e. The maximum Gasteiger partial charge on any atom is 0.312 e. The number of nitrogens with one attached hydrogen (secondary N) is 1. The Morgan fingerprint density at radius 3 is 1.95 bits per heavy atom. The highest BCUT2D eigenvalue weighted by atomic mass is 16.2. The third-order valence-electron chi connectivity index (χ3n) is 3.68. The largest absolute Gasteiger partial charge is 0.352 e. The standard InChI is InChI=1S/C19H36N2O/c1-2-3-4-5-6-7-8-9-10-11-12-13-14-15-16-17-18-21-19(20)22/h6-7,9-10H,2-5,8,11-18H2,1H3,(H3,20,21,22). The molecule has 0 rings (SSSR count). The molecule has 0 aliphatic heterocycles. The molecule has 0 aromatic carbocycles. The van der Waals surface area contributed by atoms with Crippen LogP contribution in [0.1, 0.15) is 84.0 Å². The van der Waals surface area contributed by atoms with Crippen molar-refractivity contribution in [1.82, 2.24) is 5.32 Å². The molecule has 0 bridgehead atoms. The summed E-state index contributed by atoms with van der Waals surface area (Å²) < 4.78 is 0. The van der Waals surface area contributed by atoms with Crippen LogP contribution in [0.4, 0.5) is 4.79 Å². The number of hydrogen-bond donors (Lipinski definition) is 2. The van der Waals surface area contributed by atoms with E-state index in [9.17, 15) is 4.79 Å². The molecule has 0 unspecified atom stereocenters. The number of urea groups is 1. The van der Waals surface area contributed by atoms with E-state index in [1.54, 1.807) is 0 Å². The van der Waals surface area contributed by atoms with E-state index < -0.39 is 6.03 Å². The molecule has 128 valence electrons. The summed E-state index contributed by atoms with van der Waals surface area (Å²) in [6, 6.07) is -0.414. The number of nitrogens with two attached hydrogens (primary N) is 1. The van der Waals surface area contributed by atoms with Gasteiger partial charge in [-0.15, -0.1) is 0 Å². The van der Waals surface area contributed by atoms with Crippen LogP contribution in [-0.2, 0) is 0 Å². The van der Waals surface area contributed by atoms with Crippen LogP contribution >= 0.6 is 0 Å². The number of unbranched alkanes of at least 4 members (excludes halogenated alkanes) is 9. The highest BCUT2D eigenvalue weighted by Gasteiger charge is 1.92. The lowest BCUT2D eigenvalue weighted by Crippen LogP contribution is -2.29. The van der Waals surface area contributed by atoms with Crippen molar-refractivity contribution >= 4 is 6.03 Å². The Bertz CT molecular complexity index is 298. The molecule has 2 amide bonds. The van der Waals surface area contributed by atoms with Gasteiger partial charge in [-0.1, -0.05) is 69.8 Å². The van der Waals surface area contributed by atoms with E-state index in [0.29, 0.717) is 6.54 Å². The minimum atomic E-state index is -0.414. The average Bonchev–Trinajstić information content (AvgIpc) is 2.50. The fourth-order valence-electron chi connectivity index (χ4n) is 2.32. The SMILES string of the molecule is CCCCCC=CCC=CCCCCCCCCNC(N)=O. The van der Waals surface area contributed by atoms with Gasteiger partial charge >= 0.3 is 6.03 Å². The van der Waals surface area contributed by atoms with Gasteiger partial charge < -0.3 is 11.1 Å². The van der Waals surface area contributed by atoms with Gasteiger partial charge in [-0.3, -0.25) is 0 Å². The molecule has 3 N–H and O–H groups in total. The Morgan fingerprint density at radius 1 is 0.818 bits per heavy atom. The van der Waals surface area contributed by atoms with Crippen LogP contribution in [0, 0.1) is 0 Å². The summed E-state index contributed by atoms with van der Waals surface area (Å²) in [6.07, 6.45) is 24.0. The van der Waals surface area contributed by atoms with Crippen molar-refractivity contribution in [3.63, 3.8) is 0 Å². The third kappa shape index (κ3) is 18.8. The summed E-state index contributed by atoms with van der Waals surface area (Å²) in [5.74, 6) is 0. The minimum absolute atomic E-state index is 0.414. The molecule has 22 heavy (non-hydrogen) atoms. The molecule has 0 aromatic heterocycles. The van der Waals surface area contributed by atoms with E-state index >= 15 is 0 Å². The van der Waals surface area contributed by atoms with Gasteiger partial charge in [-0.2, -0.15) is 0 Å². The molecule has 3 heteroatoms. The van der Waals surface area contributed by atoms with Crippen molar-refractivity contribution in [2.45, 2.75) is 84.0 Å². The van der Waals surface area contributed by atoms with Gasteiger partial charge in [0, 0.05) is 6.54 Å². The lowest BCUT2D eigenvalue weighted by molar-refractivity contribution is 0.248. The van der Waals surface area contributed by atoms with Gasteiger partial charge in [0.25, 0.3) is 0 Å². The zero-order valence-corrected chi connectivity index (χ0v) is 14.5. The average molecular weight is 309 g/mol. The number of carbonyl (C=O) groups is 1. The summed E-state index contributed by atoms with van der Waals surface area (Å²) in [4.78, 5) is 10.5. The molecule has 0 fully saturated rings. The van der Waals surface area contributed by atoms with Crippen molar-refractivity contribution in [3.8, 4) is 0 Å². The van der Waals surface area contributed by atoms with Crippen LogP contribution < -0.4 is 11.1 Å². The van der Waals surface area contributed by atoms with Crippen LogP contribution in [0.15, 0.2) is 24.3 Å². The monoisotopic (exact) mass is 308 g/mol. The molecular weight excluding hydrogens is 272 g/mol. The second-order valence-electron chi connectivity index (χ2n) is 5.88. The highest BCUT2D eigenvalue weighted by molar-refractivity contribution is 5.71. The molecule has 0 radical (unpaired) electrons. The summed E-state index contributed by atoms with van der Waals surface area (Å²) in [5, 5.41) is 2.62. The third-order valence-corrected chi connectivity index (χ3v) is 3.68. The summed E-state index contributed by atoms with van der Waals surface area (Å²) >= 11 is 0. The lowest BCUT2D eigenvalue weighted by Gasteiger charge is -2.01. The van der Waals surface area contributed by atoms with Gasteiger partial charge in [0.1, 0.15) is 0 Å². The number of amides is 2. The first kappa shape index (κ1) is 20.8. The predicted molar refractivity (Wildman–Crippen MR) is 96.9 cm³/mol. The fraction of sp³-hybridized carbons (Fsp3) is 0.737. The van der Waals surface area contributed by atoms with E-state index in [-0.39, 0.29) is 0 Å². The van der Waals surface area contributed by atoms with E-state index in [4.69, 9.17) is 5.73 Å². The molecular formula is C19H36N2O. The van der Waals surface area contributed by atoms with Crippen LogP contribution in [-0.4, -0.2) is 12.6 Å². The van der Waals surface area contributed by atoms with Crippen molar-refractivity contribution in [2.75, 3.05) is 6.54 Å². The van der Waals surface area contributed by atoms with Crippen LogP contribution in [0.3, 0.4) is 0 Å². The first-order chi connectivity index (χ1) is 10.8. The van der Waals surface area contributed by atoms with Gasteiger partial charge in [-0.25, -0.2) is 4.79 Å². The Labute approximate surface area is 137 Å². The maximum atomic E-state index is 10.5. The van der Waals surface area contributed by atoms with Gasteiger partial charge in [0.15, 0.2) is 0 Å². The topological polar surface area (TPSA) is 55.1 Å². The molecule has 0 saturated carbocycles. The molecule has 0 saturated heterocycles. The van der Waals surface area contributed by atoms with E-state index in [1.165, 1.54) is 64.2 Å². The Kier molecular flexibility index (Phi) is 16.8. The second-order valence-corrected chi connectivity index (χ2v) is 5.88. The fourth-order valence-corrected chi connectivity index (χ4v) is 2.32. The van der Waals surface area contributed by atoms with Crippen molar-refractivity contribution in [2.24, 2.45) is 5.73 Å². The van der Waals surface area contributed by atoms with Crippen LogP contribution in [0.25, 0.3) is 0 Å². The number of hydrogen-bond acceptors (Lipinski definition) is 1. The normalized spacial score (nSPS) is 11.5. The van der Waals surface area contributed by atoms with E-state index in [1.807, 2.05) is 0 Å². The van der Waals surface area contributed by atoms with Crippen LogP contribution in [0.2, 0.25) is 0 Å². The highest BCUT2D eigenvalue weighted by Crippen LogP contribution is 2.07.